The van der Waals surface area contributed by atoms with Gasteiger partial charge in [0.1, 0.15) is 0 Å². The van der Waals surface area contributed by atoms with Crippen molar-refractivity contribution in [2.45, 2.75) is 4.90 Å². The molecule has 0 atom stereocenters. The van der Waals surface area contributed by atoms with Gasteiger partial charge < -0.3 is 5.32 Å². The molecular formula is C23H17ClN2O3S. The largest absolute Gasteiger partial charge is 0.322 e. The summed E-state index contributed by atoms with van der Waals surface area (Å²) in [6, 6.07) is 25.6. The third-order valence-electron chi connectivity index (χ3n) is 4.57. The first-order valence-corrected chi connectivity index (χ1v) is 11.0. The summed E-state index contributed by atoms with van der Waals surface area (Å²) in [6.07, 6.45) is 0. The van der Waals surface area contributed by atoms with E-state index in [4.69, 9.17) is 11.6 Å². The summed E-state index contributed by atoms with van der Waals surface area (Å²) < 4.78 is 28.3. The lowest BCUT2D eigenvalue weighted by Gasteiger charge is -2.12. The van der Waals surface area contributed by atoms with Crippen molar-refractivity contribution in [1.82, 2.24) is 0 Å². The minimum atomic E-state index is -3.79. The van der Waals surface area contributed by atoms with E-state index in [1.165, 1.54) is 24.3 Å². The van der Waals surface area contributed by atoms with Crippen LogP contribution in [-0.4, -0.2) is 14.3 Å². The van der Waals surface area contributed by atoms with Crippen LogP contribution in [0.2, 0.25) is 5.02 Å². The molecule has 30 heavy (non-hydrogen) atoms. The van der Waals surface area contributed by atoms with E-state index in [1.54, 1.807) is 36.4 Å². The van der Waals surface area contributed by atoms with Crippen molar-refractivity contribution in [2.75, 3.05) is 10.0 Å². The van der Waals surface area contributed by atoms with Crippen molar-refractivity contribution < 1.29 is 13.2 Å². The molecule has 0 aromatic heterocycles. The fourth-order valence-electron chi connectivity index (χ4n) is 3.08. The second-order valence-corrected chi connectivity index (χ2v) is 8.68. The molecule has 0 saturated carbocycles. The Bertz CT molecular complexity index is 1330. The standard InChI is InChI=1S/C23H17ClN2O3S/c24-21-10-4-3-9-20(21)23(27)25-17-12-14-18(15-13-17)30(28,29)26-22-11-5-7-16-6-1-2-8-19(16)22/h1-15,26H,(H,25,27). The second kappa shape index (κ2) is 8.18. The van der Waals surface area contributed by atoms with Gasteiger partial charge in [0.25, 0.3) is 15.9 Å². The van der Waals surface area contributed by atoms with Gasteiger partial charge in [-0.25, -0.2) is 8.42 Å². The topological polar surface area (TPSA) is 75.3 Å². The van der Waals surface area contributed by atoms with Crippen molar-refractivity contribution in [1.29, 1.82) is 0 Å². The summed E-state index contributed by atoms with van der Waals surface area (Å²) in [5.41, 5.74) is 1.31. The van der Waals surface area contributed by atoms with Crippen LogP contribution in [0.3, 0.4) is 0 Å². The molecule has 4 aromatic carbocycles. The summed E-state index contributed by atoms with van der Waals surface area (Å²) >= 11 is 6.04. The maximum Gasteiger partial charge on any atom is 0.261 e. The first kappa shape index (κ1) is 19.9. The molecule has 5 nitrogen and oxygen atoms in total. The van der Waals surface area contributed by atoms with Crippen molar-refractivity contribution >= 4 is 49.7 Å². The van der Waals surface area contributed by atoms with Gasteiger partial charge in [-0.05, 0) is 47.9 Å². The zero-order valence-corrected chi connectivity index (χ0v) is 17.2. The first-order chi connectivity index (χ1) is 14.4. The predicted molar refractivity (Wildman–Crippen MR) is 121 cm³/mol. The molecule has 7 heteroatoms. The van der Waals surface area contributed by atoms with Crippen LogP contribution in [-0.2, 0) is 10.0 Å². The molecule has 0 unspecified atom stereocenters. The predicted octanol–water partition coefficient (Wildman–Crippen LogP) is 5.55. The Kier molecular flexibility index (Phi) is 5.44. The number of carbonyl (C=O) groups excluding carboxylic acids is 1. The van der Waals surface area contributed by atoms with E-state index < -0.39 is 10.0 Å². The molecule has 0 fully saturated rings. The number of fused-ring (bicyclic) bond motifs is 1. The first-order valence-electron chi connectivity index (χ1n) is 9.10. The highest BCUT2D eigenvalue weighted by Crippen LogP contribution is 2.26. The number of nitrogens with one attached hydrogen (secondary N) is 2. The third-order valence-corrected chi connectivity index (χ3v) is 6.29. The Labute approximate surface area is 179 Å². The van der Waals surface area contributed by atoms with E-state index in [9.17, 15) is 13.2 Å². The number of anilines is 2. The Morgan fingerprint density at radius 1 is 0.767 bits per heavy atom. The minimum absolute atomic E-state index is 0.0891. The second-order valence-electron chi connectivity index (χ2n) is 6.59. The summed E-state index contributed by atoms with van der Waals surface area (Å²) in [4.78, 5) is 12.4. The quantitative estimate of drug-likeness (QED) is 0.431. The van der Waals surface area contributed by atoms with E-state index in [0.29, 0.717) is 22.0 Å². The van der Waals surface area contributed by atoms with Crippen molar-refractivity contribution in [2.24, 2.45) is 0 Å². The van der Waals surface area contributed by atoms with Crippen LogP contribution in [0, 0.1) is 0 Å². The molecule has 1 amide bonds. The molecule has 2 N–H and O–H groups in total. The lowest BCUT2D eigenvalue weighted by Crippen LogP contribution is -2.14. The third kappa shape index (κ3) is 4.15. The normalized spacial score (nSPS) is 11.2. The molecule has 0 heterocycles. The van der Waals surface area contributed by atoms with Crippen LogP contribution < -0.4 is 10.0 Å². The van der Waals surface area contributed by atoms with Crippen LogP contribution in [0.25, 0.3) is 10.8 Å². The minimum Gasteiger partial charge on any atom is -0.322 e. The Morgan fingerprint density at radius 2 is 1.43 bits per heavy atom. The van der Waals surface area contributed by atoms with Crippen LogP contribution in [0.15, 0.2) is 95.9 Å². The molecule has 150 valence electrons. The Morgan fingerprint density at radius 3 is 2.20 bits per heavy atom. The molecule has 0 aliphatic heterocycles. The number of halogens is 1. The molecule has 0 aliphatic rings. The average Bonchev–Trinajstić information content (AvgIpc) is 2.74. The van der Waals surface area contributed by atoms with E-state index in [2.05, 4.69) is 10.0 Å². The molecule has 0 bridgehead atoms. The van der Waals surface area contributed by atoms with Gasteiger partial charge in [0, 0.05) is 11.1 Å². The smallest absolute Gasteiger partial charge is 0.261 e. The van der Waals surface area contributed by atoms with Gasteiger partial charge in [-0.1, -0.05) is 60.1 Å². The van der Waals surface area contributed by atoms with Crippen LogP contribution >= 0.6 is 11.6 Å². The van der Waals surface area contributed by atoms with Gasteiger partial charge in [-0.3, -0.25) is 9.52 Å². The lowest BCUT2D eigenvalue weighted by atomic mass is 10.1. The summed E-state index contributed by atoms with van der Waals surface area (Å²) in [7, 11) is -3.79. The highest BCUT2D eigenvalue weighted by Gasteiger charge is 2.16. The Balaban J connectivity index is 1.54. The molecule has 4 aromatic rings. The zero-order valence-electron chi connectivity index (χ0n) is 15.7. The van der Waals surface area contributed by atoms with Crippen molar-refractivity contribution in [3.05, 3.63) is 102 Å². The zero-order chi connectivity index (χ0) is 21.1. The molecule has 4 rings (SSSR count). The summed E-state index contributed by atoms with van der Waals surface area (Å²) in [5.74, 6) is -0.370. The van der Waals surface area contributed by atoms with Gasteiger partial charge in [-0.15, -0.1) is 0 Å². The van der Waals surface area contributed by atoms with E-state index >= 15 is 0 Å². The number of benzene rings is 4. The van der Waals surface area contributed by atoms with Gasteiger partial charge >= 0.3 is 0 Å². The van der Waals surface area contributed by atoms with Crippen LogP contribution in [0.1, 0.15) is 10.4 Å². The van der Waals surface area contributed by atoms with E-state index in [1.807, 2.05) is 30.3 Å². The van der Waals surface area contributed by atoms with Gasteiger partial charge in [-0.2, -0.15) is 0 Å². The monoisotopic (exact) mass is 436 g/mol. The highest BCUT2D eigenvalue weighted by molar-refractivity contribution is 7.92. The molecule has 0 saturated heterocycles. The van der Waals surface area contributed by atoms with E-state index in [-0.39, 0.29) is 10.8 Å². The number of amides is 1. The van der Waals surface area contributed by atoms with E-state index in [0.717, 1.165) is 10.8 Å². The molecule has 0 aliphatic carbocycles. The highest BCUT2D eigenvalue weighted by atomic mass is 35.5. The van der Waals surface area contributed by atoms with Crippen molar-refractivity contribution in [3.8, 4) is 0 Å². The fourth-order valence-corrected chi connectivity index (χ4v) is 4.38. The maximum absolute atomic E-state index is 12.8. The molecule has 0 radical (unpaired) electrons. The number of rotatable bonds is 5. The number of carbonyl (C=O) groups is 1. The molecular weight excluding hydrogens is 420 g/mol. The van der Waals surface area contributed by atoms with Crippen LogP contribution in [0.5, 0.6) is 0 Å². The molecule has 0 spiro atoms. The summed E-state index contributed by atoms with van der Waals surface area (Å²) in [6.45, 7) is 0. The van der Waals surface area contributed by atoms with Gasteiger partial charge in [0.2, 0.25) is 0 Å². The number of hydrogen-bond acceptors (Lipinski definition) is 3. The maximum atomic E-state index is 12.8. The average molecular weight is 437 g/mol. The van der Waals surface area contributed by atoms with Gasteiger partial charge in [0.15, 0.2) is 0 Å². The van der Waals surface area contributed by atoms with Crippen LogP contribution in [0.4, 0.5) is 11.4 Å². The Hall–Kier alpha value is -3.35. The number of hydrogen-bond donors (Lipinski definition) is 2. The summed E-state index contributed by atoms with van der Waals surface area (Å²) in [5, 5.41) is 4.81. The fraction of sp³-hybridized carbons (Fsp3) is 0. The SMILES string of the molecule is O=C(Nc1ccc(S(=O)(=O)Nc2cccc3ccccc23)cc1)c1ccccc1Cl. The van der Waals surface area contributed by atoms with Crippen molar-refractivity contribution in [3.63, 3.8) is 0 Å². The lowest BCUT2D eigenvalue weighted by molar-refractivity contribution is 0.102. The number of sulfonamides is 1. The van der Waals surface area contributed by atoms with Gasteiger partial charge in [0.05, 0.1) is 21.2 Å².